The molecule has 1 aromatic carbocycles. The highest BCUT2D eigenvalue weighted by Gasteiger charge is 2.24. The molecule has 0 spiro atoms. The Kier molecular flexibility index (Phi) is 6.25. The number of carboxylic acid groups (broad SMARTS) is 1. The third kappa shape index (κ3) is 4.23. The van der Waals surface area contributed by atoms with E-state index in [2.05, 4.69) is 15.4 Å². The summed E-state index contributed by atoms with van der Waals surface area (Å²) in [4.78, 5) is 14.0. The van der Waals surface area contributed by atoms with E-state index in [0.29, 0.717) is 12.1 Å². The lowest BCUT2D eigenvalue weighted by molar-refractivity contribution is 0.0698. The smallest absolute Gasteiger partial charge is 0.343 e. The molecule has 7 nitrogen and oxygen atoms in total. The van der Waals surface area contributed by atoms with Gasteiger partial charge >= 0.3 is 5.97 Å². The molecule has 3 N–H and O–H groups in total. The van der Waals surface area contributed by atoms with Crippen LogP contribution in [-0.2, 0) is 0 Å². The van der Waals surface area contributed by atoms with Gasteiger partial charge in [-0.25, -0.2) is 4.79 Å². The Morgan fingerprint density at radius 1 is 1.31 bits per heavy atom. The average Bonchev–Trinajstić information content (AvgIpc) is 3.10. The number of aliphatic hydroxyl groups is 1. The summed E-state index contributed by atoms with van der Waals surface area (Å²) in [6, 6.07) is 9.35. The summed E-state index contributed by atoms with van der Waals surface area (Å²) in [5.41, 5.74) is 0.743. The molecule has 0 amide bonds. The Bertz CT molecular complexity index is 717. The summed E-state index contributed by atoms with van der Waals surface area (Å²) in [6.07, 6.45) is 4.21. The number of aromatic nitrogens is 1. The zero-order valence-electron chi connectivity index (χ0n) is 14.7. The molecule has 1 fully saturated rings. The molecule has 1 unspecified atom stereocenters. The molecule has 2 aromatic rings. The molecule has 0 saturated carbocycles. The van der Waals surface area contributed by atoms with E-state index >= 15 is 0 Å². The first-order chi connectivity index (χ1) is 12.7. The van der Waals surface area contributed by atoms with Gasteiger partial charge < -0.3 is 20.1 Å². The van der Waals surface area contributed by atoms with E-state index in [9.17, 15) is 15.0 Å². The van der Waals surface area contributed by atoms with Crippen LogP contribution in [-0.4, -0.2) is 58.5 Å². The van der Waals surface area contributed by atoms with Crippen LogP contribution in [0.25, 0.3) is 11.3 Å². The van der Waals surface area contributed by atoms with Crippen molar-refractivity contribution in [2.45, 2.75) is 31.7 Å². The predicted molar refractivity (Wildman–Crippen MR) is 98.3 cm³/mol. The number of hydrogen-bond acceptors (Lipinski definition) is 6. The van der Waals surface area contributed by atoms with Crippen LogP contribution in [0.4, 0.5) is 5.82 Å². The highest BCUT2D eigenvalue weighted by molar-refractivity contribution is 5.99. The van der Waals surface area contributed by atoms with Gasteiger partial charge in [-0.05, 0) is 25.8 Å². The van der Waals surface area contributed by atoms with Gasteiger partial charge in [0.1, 0.15) is 0 Å². The molecule has 1 atom stereocenters. The fourth-order valence-corrected chi connectivity index (χ4v) is 3.45. The Hall–Kier alpha value is -2.38. The van der Waals surface area contributed by atoms with Crippen molar-refractivity contribution >= 4 is 11.8 Å². The molecule has 1 aliphatic rings. The molecular formula is C19H25N3O4. The van der Waals surface area contributed by atoms with Gasteiger partial charge in [0.05, 0.1) is 6.61 Å². The van der Waals surface area contributed by atoms with Crippen molar-refractivity contribution in [2.24, 2.45) is 0 Å². The lowest BCUT2D eigenvalue weighted by atomic mass is 10.0. The highest BCUT2D eigenvalue weighted by Crippen LogP contribution is 2.29. The highest BCUT2D eigenvalue weighted by atomic mass is 16.5. The van der Waals surface area contributed by atoms with Gasteiger partial charge in [0.2, 0.25) is 0 Å². The Morgan fingerprint density at radius 2 is 2.12 bits per heavy atom. The van der Waals surface area contributed by atoms with Crippen LogP contribution in [0.3, 0.4) is 0 Å². The number of likely N-dealkylation sites (tertiary alicyclic amines) is 1. The second-order valence-electron chi connectivity index (χ2n) is 6.55. The lowest BCUT2D eigenvalue weighted by Gasteiger charge is -2.34. The van der Waals surface area contributed by atoms with Crippen molar-refractivity contribution in [2.75, 3.05) is 31.6 Å². The third-order valence-electron chi connectivity index (χ3n) is 4.82. The van der Waals surface area contributed by atoms with Crippen LogP contribution in [0.5, 0.6) is 0 Å². The molecule has 26 heavy (non-hydrogen) atoms. The average molecular weight is 359 g/mol. The number of aliphatic hydroxyl groups excluding tert-OH is 1. The molecular weight excluding hydrogens is 334 g/mol. The van der Waals surface area contributed by atoms with Crippen molar-refractivity contribution in [1.82, 2.24) is 10.1 Å². The summed E-state index contributed by atoms with van der Waals surface area (Å²) in [5, 5.41) is 26.0. The first-order valence-electron chi connectivity index (χ1n) is 9.08. The summed E-state index contributed by atoms with van der Waals surface area (Å²) < 4.78 is 5.29. The summed E-state index contributed by atoms with van der Waals surface area (Å²) in [7, 11) is 0. The monoisotopic (exact) mass is 359 g/mol. The molecule has 2 heterocycles. The van der Waals surface area contributed by atoms with E-state index in [4.69, 9.17) is 4.52 Å². The zero-order valence-corrected chi connectivity index (χ0v) is 14.7. The molecule has 1 aliphatic heterocycles. The van der Waals surface area contributed by atoms with E-state index in [1.165, 1.54) is 6.42 Å². The number of piperidine rings is 1. The second kappa shape index (κ2) is 8.82. The van der Waals surface area contributed by atoms with Crippen molar-refractivity contribution in [1.29, 1.82) is 0 Å². The molecule has 0 bridgehead atoms. The maximum Gasteiger partial charge on any atom is 0.343 e. The van der Waals surface area contributed by atoms with E-state index < -0.39 is 5.97 Å². The Morgan fingerprint density at radius 3 is 2.85 bits per heavy atom. The molecule has 1 aromatic heterocycles. The quantitative estimate of drug-likeness (QED) is 0.623. The van der Waals surface area contributed by atoms with E-state index in [1.54, 1.807) is 12.1 Å². The van der Waals surface area contributed by atoms with Crippen molar-refractivity contribution in [3.8, 4) is 11.3 Å². The number of nitrogens with zero attached hydrogens (tertiary/aromatic N) is 2. The normalized spacial score (nSPS) is 18.0. The van der Waals surface area contributed by atoms with E-state index in [-0.39, 0.29) is 29.8 Å². The van der Waals surface area contributed by atoms with Gasteiger partial charge in [0.15, 0.2) is 17.1 Å². The number of aromatic carboxylic acids is 1. The minimum absolute atomic E-state index is 0.0578. The molecule has 0 radical (unpaired) electrons. The predicted octanol–water partition coefficient (Wildman–Crippen LogP) is 2.69. The number of carboxylic acids is 1. The molecule has 3 rings (SSSR count). The standard InChI is InChI=1S/C19H25N3O4/c23-13-15-9-4-5-11-22(15)12-6-10-20-18-16(19(24)25)17(26-21-18)14-7-2-1-3-8-14/h1-3,7-8,15,23H,4-6,9-13H2,(H,20,21)(H,24,25). The second-order valence-corrected chi connectivity index (χ2v) is 6.55. The minimum Gasteiger partial charge on any atom is -0.477 e. The molecule has 7 heteroatoms. The SMILES string of the molecule is O=C(O)c1c(NCCCN2CCCCC2CO)noc1-c1ccccc1. The number of rotatable bonds is 8. The molecule has 140 valence electrons. The number of anilines is 1. The maximum absolute atomic E-state index is 11.7. The van der Waals surface area contributed by atoms with Gasteiger partial charge in [-0.15, -0.1) is 0 Å². The van der Waals surface area contributed by atoms with Gasteiger partial charge in [-0.2, -0.15) is 0 Å². The van der Waals surface area contributed by atoms with Crippen LogP contribution in [0.15, 0.2) is 34.9 Å². The van der Waals surface area contributed by atoms with Crippen molar-refractivity contribution in [3.63, 3.8) is 0 Å². The first-order valence-corrected chi connectivity index (χ1v) is 9.08. The fourth-order valence-electron chi connectivity index (χ4n) is 3.45. The van der Waals surface area contributed by atoms with Gasteiger partial charge in [-0.1, -0.05) is 41.9 Å². The molecule has 1 saturated heterocycles. The maximum atomic E-state index is 11.7. The van der Waals surface area contributed by atoms with Crippen LogP contribution < -0.4 is 5.32 Å². The van der Waals surface area contributed by atoms with Crippen LogP contribution in [0.2, 0.25) is 0 Å². The zero-order chi connectivity index (χ0) is 18.4. The van der Waals surface area contributed by atoms with E-state index in [0.717, 1.165) is 32.4 Å². The summed E-state index contributed by atoms with van der Waals surface area (Å²) in [6.45, 7) is 2.66. The summed E-state index contributed by atoms with van der Waals surface area (Å²) in [5.74, 6) is -0.547. The number of hydrogen-bond donors (Lipinski definition) is 3. The van der Waals surface area contributed by atoms with Crippen molar-refractivity contribution < 1.29 is 19.5 Å². The minimum atomic E-state index is -1.07. The van der Waals surface area contributed by atoms with Gasteiger partial charge in [0.25, 0.3) is 0 Å². The number of benzene rings is 1. The van der Waals surface area contributed by atoms with Crippen LogP contribution >= 0.6 is 0 Å². The largest absolute Gasteiger partial charge is 0.477 e. The summed E-state index contributed by atoms with van der Waals surface area (Å²) >= 11 is 0. The lowest BCUT2D eigenvalue weighted by Crippen LogP contribution is -2.42. The van der Waals surface area contributed by atoms with Crippen LogP contribution in [0, 0.1) is 0 Å². The first kappa shape index (κ1) is 18.4. The van der Waals surface area contributed by atoms with Gasteiger partial charge in [-0.3, -0.25) is 4.90 Å². The third-order valence-corrected chi connectivity index (χ3v) is 4.82. The van der Waals surface area contributed by atoms with Crippen molar-refractivity contribution in [3.05, 3.63) is 35.9 Å². The Balaban J connectivity index is 1.60. The van der Waals surface area contributed by atoms with E-state index in [1.807, 2.05) is 18.2 Å². The molecule has 0 aliphatic carbocycles. The topological polar surface area (TPSA) is 98.8 Å². The van der Waals surface area contributed by atoms with Gasteiger partial charge in [0, 0.05) is 24.7 Å². The number of nitrogens with one attached hydrogen (secondary N) is 1. The Labute approximate surface area is 152 Å². The van der Waals surface area contributed by atoms with Crippen LogP contribution in [0.1, 0.15) is 36.0 Å². The number of carbonyl (C=O) groups is 1. The fraction of sp³-hybridized carbons (Fsp3) is 0.474.